The minimum absolute atomic E-state index is 0.124. The number of benzene rings is 1. The van der Waals surface area contributed by atoms with Gasteiger partial charge in [0.05, 0.1) is 21.2 Å². The molecule has 5 nitrogen and oxygen atoms in total. The van der Waals surface area contributed by atoms with E-state index in [2.05, 4.69) is 15.3 Å². The lowest BCUT2D eigenvalue weighted by atomic mass is 10.3. The number of nitrogens with one attached hydrogen (secondary N) is 2. The average molecular weight is 345 g/mol. The third kappa shape index (κ3) is 3.62. The van der Waals surface area contributed by atoms with Gasteiger partial charge in [-0.1, -0.05) is 23.9 Å². The highest BCUT2D eigenvalue weighted by Gasteiger charge is 2.17. The molecule has 1 atom stereocenters. The first-order valence-corrected chi connectivity index (χ1v) is 8.75. The highest BCUT2D eigenvalue weighted by molar-refractivity contribution is 8.02. The summed E-state index contributed by atoms with van der Waals surface area (Å²) in [7, 11) is 0. The number of hydrogen-bond acceptors (Lipinski definition) is 5. The molecule has 118 valence electrons. The minimum atomic E-state index is -0.289. The second kappa shape index (κ2) is 6.55. The molecule has 2 aromatic heterocycles. The zero-order chi connectivity index (χ0) is 16.4. The number of pyridine rings is 1. The first-order valence-electron chi connectivity index (χ1n) is 7.05. The van der Waals surface area contributed by atoms with Gasteiger partial charge in [-0.25, -0.2) is 4.98 Å². The van der Waals surface area contributed by atoms with Crippen LogP contribution in [0.1, 0.15) is 12.5 Å². The number of nitrogens with zero attached hydrogens (tertiary/aromatic N) is 1. The number of rotatable bonds is 4. The van der Waals surface area contributed by atoms with Crippen LogP contribution in [0.3, 0.4) is 0 Å². The number of aryl methyl sites for hydroxylation is 1. The van der Waals surface area contributed by atoms with E-state index in [4.69, 9.17) is 0 Å². The maximum atomic E-state index is 12.3. The van der Waals surface area contributed by atoms with Gasteiger partial charge in [-0.15, -0.1) is 11.3 Å². The Kier molecular flexibility index (Phi) is 4.49. The van der Waals surface area contributed by atoms with Gasteiger partial charge < -0.3 is 10.3 Å². The Bertz CT molecular complexity index is 884. The fourth-order valence-corrected chi connectivity index (χ4v) is 4.23. The largest absolute Gasteiger partial charge is 0.327 e. The second-order valence-corrected chi connectivity index (χ2v) is 7.72. The predicted molar refractivity (Wildman–Crippen MR) is 95.4 cm³/mol. The molecule has 3 rings (SSSR count). The summed E-state index contributed by atoms with van der Waals surface area (Å²) in [4.78, 5) is 30.7. The lowest BCUT2D eigenvalue weighted by Crippen LogP contribution is -2.23. The summed E-state index contributed by atoms with van der Waals surface area (Å²) in [6.07, 6.45) is 1.50. The first kappa shape index (κ1) is 15.8. The molecule has 2 N–H and O–H groups in total. The van der Waals surface area contributed by atoms with Crippen molar-refractivity contribution in [3.8, 4) is 0 Å². The molecule has 0 radical (unpaired) electrons. The lowest BCUT2D eigenvalue weighted by molar-refractivity contribution is -0.115. The van der Waals surface area contributed by atoms with Crippen LogP contribution in [0.5, 0.6) is 0 Å². The summed E-state index contributed by atoms with van der Waals surface area (Å²) in [5.74, 6) is -0.124. The van der Waals surface area contributed by atoms with Crippen LogP contribution in [0, 0.1) is 6.92 Å². The molecule has 1 aromatic carbocycles. The SMILES string of the molecule is Cc1cc(NC(=O)[C@H](C)Sc2nc3ccccc3s2)c[nH]c1=O. The van der Waals surface area contributed by atoms with E-state index in [0.717, 1.165) is 14.6 Å². The summed E-state index contributed by atoms with van der Waals surface area (Å²) in [5, 5.41) is 2.52. The summed E-state index contributed by atoms with van der Waals surface area (Å²) in [6.45, 7) is 3.54. The molecular weight excluding hydrogens is 330 g/mol. The number of anilines is 1. The summed E-state index contributed by atoms with van der Waals surface area (Å²) < 4.78 is 1.98. The Morgan fingerprint density at radius 3 is 2.91 bits per heavy atom. The molecule has 0 aliphatic carbocycles. The van der Waals surface area contributed by atoms with Crippen LogP contribution < -0.4 is 10.9 Å². The molecule has 2 heterocycles. The molecular formula is C16H15N3O2S2. The summed E-state index contributed by atoms with van der Waals surface area (Å²) in [6, 6.07) is 9.56. The average Bonchev–Trinajstić information content (AvgIpc) is 2.93. The quantitative estimate of drug-likeness (QED) is 0.711. The normalized spacial score (nSPS) is 12.3. The minimum Gasteiger partial charge on any atom is -0.327 e. The number of H-pyrrole nitrogens is 1. The van der Waals surface area contributed by atoms with E-state index in [-0.39, 0.29) is 16.7 Å². The van der Waals surface area contributed by atoms with Gasteiger partial charge in [0, 0.05) is 11.8 Å². The zero-order valence-electron chi connectivity index (χ0n) is 12.6. The topological polar surface area (TPSA) is 74.8 Å². The molecule has 0 spiro atoms. The highest BCUT2D eigenvalue weighted by atomic mass is 32.2. The molecule has 0 aliphatic heterocycles. The van der Waals surface area contributed by atoms with Gasteiger partial charge in [0.2, 0.25) is 5.91 Å². The first-order chi connectivity index (χ1) is 11.0. The molecule has 0 aliphatic rings. The van der Waals surface area contributed by atoms with Crippen LogP contribution in [0.2, 0.25) is 0 Å². The van der Waals surface area contributed by atoms with E-state index in [1.165, 1.54) is 18.0 Å². The van der Waals surface area contributed by atoms with Crippen molar-refractivity contribution in [2.24, 2.45) is 0 Å². The van der Waals surface area contributed by atoms with Crippen molar-refractivity contribution in [2.45, 2.75) is 23.4 Å². The number of carbonyl (C=O) groups excluding carboxylic acids is 1. The molecule has 23 heavy (non-hydrogen) atoms. The maximum Gasteiger partial charge on any atom is 0.250 e. The van der Waals surface area contributed by atoms with Crippen LogP contribution in [0.25, 0.3) is 10.2 Å². The second-order valence-electron chi connectivity index (χ2n) is 5.10. The Hall–Kier alpha value is -2.12. The standard InChI is InChI=1S/C16H15N3O2S2/c1-9-7-11(8-17-14(9)20)18-15(21)10(2)22-16-19-12-5-3-4-6-13(12)23-16/h3-8,10H,1-2H3,(H,17,20)(H,18,21)/t10-/m0/s1. The summed E-state index contributed by atoms with van der Waals surface area (Å²) >= 11 is 3.01. The van der Waals surface area contributed by atoms with Gasteiger partial charge in [0.1, 0.15) is 0 Å². The number of amides is 1. The molecule has 0 fully saturated rings. The lowest BCUT2D eigenvalue weighted by Gasteiger charge is -2.10. The van der Waals surface area contributed by atoms with Crippen molar-refractivity contribution in [3.05, 3.63) is 52.4 Å². The van der Waals surface area contributed by atoms with Crippen LogP contribution in [-0.4, -0.2) is 21.1 Å². The van der Waals surface area contributed by atoms with E-state index < -0.39 is 0 Å². The van der Waals surface area contributed by atoms with E-state index in [1.54, 1.807) is 24.3 Å². The molecule has 0 saturated carbocycles. The maximum absolute atomic E-state index is 12.3. The fourth-order valence-electron chi connectivity index (χ4n) is 2.02. The number of thiazole rings is 1. The summed E-state index contributed by atoms with van der Waals surface area (Å²) in [5.41, 5.74) is 1.95. The van der Waals surface area contributed by atoms with Gasteiger partial charge in [0.25, 0.3) is 5.56 Å². The van der Waals surface area contributed by atoms with Crippen molar-refractivity contribution < 1.29 is 4.79 Å². The van der Waals surface area contributed by atoms with Gasteiger partial charge in [-0.3, -0.25) is 9.59 Å². The van der Waals surface area contributed by atoms with Crippen molar-refractivity contribution >= 4 is 44.9 Å². The molecule has 1 amide bonds. The zero-order valence-corrected chi connectivity index (χ0v) is 14.3. The van der Waals surface area contributed by atoms with Gasteiger partial charge in [-0.2, -0.15) is 0 Å². The predicted octanol–water partition coefficient (Wildman–Crippen LogP) is 3.41. The Morgan fingerprint density at radius 2 is 2.17 bits per heavy atom. The Labute approximate surface area is 141 Å². The number of hydrogen-bond donors (Lipinski definition) is 2. The van der Waals surface area contributed by atoms with E-state index in [1.807, 2.05) is 31.2 Å². The van der Waals surface area contributed by atoms with Crippen molar-refractivity contribution in [1.82, 2.24) is 9.97 Å². The number of aromatic amines is 1. The van der Waals surface area contributed by atoms with Crippen LogP contribution in [-0.2, 0) is 4.79 Å². The third-order valence-corrected chi connectivity index (χ3v) is 5.51. The van der Waals surface area contributed by atoms with Gasteiger partial charge in [-0.05, 0) is 32.0 Å². The number of thioether (sulfide) groups is 1. The van der Waals surface area contributed by atoms with Crippen molar-refractivity contribution in [3.63, 3.8) is 0 Å². The molecule has 0 saturated heterocycles. The number of para-hydroxylation sites is 1. The molecule has 0 unspecified atom stereocenters. The smallest absolute Gasteiger partial charge is 0.250 e. The van der Waals surface area contributed by atoms with Crippen LogP contribution >= 0.6 is 23.1 Å². The van der Waals surface area contributed by atoms with Crippen LogP contribution in [0.15, 0.2) is 45.7 Å². The molecule has 7 heteroatoms. The Balaban J connectivity index is 1.69. The van der Waals surface area contributed by atoms with E-state index >= 15 is 0 Å². The van der Waals surface area contributed by atoms with Gasteiger partial charge >= 0.3 is 0 Å². The van der Waals surface area contributed by atoms with Crippen molar-refractivity contribution in [2.75, 3.05) is 5.32 Å². The third-order valence-electron chi connectivity index (χ3n) is 3.28. The number of carbonyl (C=O) groups is 1. The van der Waals surface area contributed by atoms with Gasteiger partial charge in [0.15, 0.2) is 4.34 Å². The Morgan fingerprint density at radius 1 is 1.39 bits per heavy atom. The fraction of sp³-hybridized carbons (Fsp3) is 0.188. The molecule has 3 aromatic rings. The highest BCUT2D eigenvalue weighted by Crippen LogP contribution is 2.32. The monoisotopic (exact) mass is 345 g/mol. The number of fused-ring (bicyclic) bond motifs is 1. The molecule has 0 bridgehead atoms. The number of aromatic nitrogens is 2. The van der Waals surface area contributed by atoms with E-state index in [0.29, 0.717) is 11.3 Å². The van der Waals surface area contributed by atoms with Crippen molar-refractivity contribution in [1.29, 1.82) is 0 Å². The van der Waals surface area contributed by atoms with Crippen LogP contribution in [0.4, 0.5) is 5.69 Å². The van der Waals surface area contributed by atoms with E-state index in [9.17, 15) is 9.59 Å².